The van der Waals surface area contributed by atoms with Crippen LogP contribution in [-0.2, 0) is 4.79 Å². The van der Waals surface area contributed by atoms with Crippen molar-refractivity contribution in [3.8, 4) is 0 Å². The number of urea groups is 1. The second kappa shape index (κ2) is 6.28. The topological polar surface area (TPSA) is 61.4 Å². The van der Waals surface area contributed by atoms with Crippen LogP contribution < -0.4 is 10.6 Å². The van der Waals surface area contributed by atoms with Crippen LogP contribution in [0.2, 0.25) is 0 Å². The van der Waals surface area contributed by atoms with Crippen LogP contribution in [0.15, 0.2) is 0 Å². The minimum atomic E-state index is -0.333. The summed E-state index contributed by atoms with van der Waals surface area (Å²) in [5.74, 6) is -0.0615. The summed E-state index contributed by atoms with van der Waals surface area (Å²) in [6.45, 7) is 5.21. The van der Waals surface area contributed by atoms with E-state index in [9.17, 15) is 9.59 Å². The quantitative estimate of drug-likeness (QED) is 0.639. The molecule has 0 rings (SSSR count). The predicted molar refractivity (Wildman–Crippen MR) is 50.4 cm³/mol. The molecule has 0 bridgehead atoms. The first-order chi connectivity index (χ1) is 6.15. The predicted octanol–water partition coefficient (Wildman–Crippen LogP) is -0.216. The Bertz CT molecular complexity index is 178. The molecule has 0 spiro atoms. The van der Waals surface area contributed by atoms with E-state index in [0.29, 0.717) is 13.1 Å². The molecule has 76 valence electrons. The number of nitrogens with one attached hydrogen (secondary N) is 2. The largest absolute Gasteiger partial charge is 0.342 e. The van der Waals surface area contributed by atoms with Gasteiger partial charge < -0.3 is 15.5 Å². The molecule has 0 aliphatic rings. The van der Waals surface area contributed by atoms with Crippen molar-refractivity contribution in [2.45, 2.75) is 13.8 Å². The standard InChI is InChI=1S/C8H17N3O2/c1-4-11(5-2)7(12)6-10-8(13)9-3/h4-6H2,1-3H3,(H2,9,10,13). The molecule has 0 radical (unpaired) electrons. The monoisotopic (exact) mass is 187 g/mol. The highest BCUT2D eigenvalue weighted by atomic mass is 16.2. The van der Waals surface area contributed by atoms with E-state index < -0.39 is 0 Å². The van der Waals surface area contributed by atoms with Gasteiger partial charge in [0.05, 0.1) is 6.54 Å². The Morgan fingerprint density at radius 1 is 1.23 bits per heavy atom. The fourth-order valence-electron chi connectivity index (χ4n) is 0.932. The molecule has 0 heterocycles. The van der Waals surface area contributed by atoms with Gasteiger partial charge in [-0.05, 0) is 13.8 Å². The molecule has 2 N–H and O–H groups in total. The molecule has 5 heteroatoms. The van der Waals surface area contributed by atoms with Crippen LogP contribution in [-0.4, -0.2) is 43.5 Å². The summed E-state index contributed by atoms with van der Waals surface area (Å²) in [5.41, 5.74) is 0. The van der Waals surface area contributed by atoms with Crippen LogP contribution in [0.25, 0.3) is 0 Å². The van der Waals surface area contributed by atoms with Crippen molar-refractivity contribution in [3.63, 3.8) is 0 Å². The van der Waals surface area contributed by atoms with Crippen molar-refractivity contribution in [2.75, 3.05) is 26.7 Å². The first-order valence-corrected chi connectivity index (χ1v) is 4.39. The van der Waals surface area contributed by atoms with E-state index in [1.54, 1.807) is 4.90 Å². The molecular formula is C8H17N3O2. The van der Waals surface area contributed by atoms with E-state index in [1.807, 2.05) is 13.8 Å². The van der Waals surface area contributed by atoms with Crippen molar-refractivity contribution in [3.05, 3.63) is 0 Å². The Kier molecular flexibility index (Phi) is 5.67. The van der Waals surface area contributed by atoms with Gasteiger partial charge >= 0.3 is 6.03 Å². The van der Waals surface area contributed by atoms with Crippen LogP contribution in [0, 0.1) is 0 Å². The van der Waals surface area contributed by atoms with Gasteiger partial charge in [0.15, 0.2) is 0 Å². The van der Waals surface area contributed by atoms with E-state index in [4.69, 9.17) is 0 Å². The third-order valence-corrected chi connectivity index (χ3v) is 1.74. The van der Waals surface area contributed by atoms with Crippen molar-refractivity contribution >= 4 is 11.9 Å². The Labute approximate surface area is 78.5 Å². The first-order valence-electron chi connectivity index (χ1n) is 4.39. The lowest BCUT2D eigenvalue weighted by molar-refractivity contribution is -0.129. The minimum absolute atomic E-state index is 0.0569. The number of nitrogens with zero attached hydrogens (tertiary/aromatic N) is 1. The molecule has 0 saturated heterocycles. The van der Waals surface area contributed by atoms with E-state index in [1.165, 1.54) is 7.05 Å². The lowest BCUT2D eigenvalue weighted by Gasteiger charge is -2.18. The average molecular weight is 187 g/mol. The van der Waals surface area contributed by atoms with Crippen molar-refractivity contribution < 1.29 is 9.59 Å². The number of amides is 3. The zero-order valence-electron chi connectivity index (χ0n) is 8.39. The lowest BCUT2D eigenvalue weighted by Crippen LogP contribution is -2.42. The van der Waals surface area contributed by atoms with Crippen LogP contribution in [0.5, 0.6) is 0 Å². The van der Waals surface area contributed by atoms with Gasteiger partial charge in [0.2, 0.25) is 5.91 Å². The highest BCUT2D eigenvalue weighted by Crippen LogP contribution is 1.86. The zero-order chi connectivity index (χ0) is 10.3. The molecule has 0 aromatic carbocycles. The zero-order valence-corrected chi connectivity index (χ0v) is 8.39. The van der Waals surface area contributed by atoms with E-state index in [2.05, 4.69) is 10.6 Å². The lowest BCUT2D eigenvalue weighted by atomic mass is 10.4. The summed E-state index contributed by atoms with van der Waals surface area (Å²) in [6, 6.07) is -0.333. The van der Waals surface area contributed by atoms with Crippen LogP contribution in [0.1, 0.15) is 13.8 Å². The van der Waals surface area contributed by atoms with Gasteiger partial charge in [-0.2, -0.15) is 0 Å². The maximum atomic E-state index is 11.3. The molecule has 0 aromatic heterocycles. The first kappa shape index (κ1) is 11.7. The van der Waals surface area contributed by atoms with E-state index >= 15 is 0 Å². The van der Waals surface area contributed by atoms with Gasteiger partial charge in [-0.3, -0.25) is 4.79 Å². The Hall–Kier alpha value is -1.26. The van der Waals surface area contributed by atoms with Gasteiger partial charge in [0, 0.05) is 20.1 Å². The molecule has 0 atom stereocenters. The maximum Gasteiger partial charge on any atom is 0.314 e. The average Bonchev–Trinajstić information content (AvgIpc) is 2.16. The number of carbonyl (C=O) groups excluding carboxylic acids is 2. The number of likely N-dealkylation sites (N-methyl/N-ethyl adjacent to an activating group) is 1. The summed E-state index contributed by atoms with van der Waals surface area (Å²) >= 11 is 0. The SMILES string of the molecule is CCN(CC)C(=O)CNC(=O)NC. The highest BCUT2D eigenvalue weighted by molar-refractivity contribution is 5.83. The Morgan fingerprint density at radius 3 is 2.15 bits per heavy atom. The van der Waals surface area contributed by atoms with Crippen LogP contribution in [0.4, 0.5) is 4.79 Å². The van der Waals surface area contributed by atoms with Gasteiger partial charge in [0.25, 0.3) is 0 Å². The molecule has 0 aromatic rings. The normalized spacial score (nSPS) is 9.15. The van der Waals surface area contributed by atoms with Gasteiger partial charge in [-0.25, -0.2) is 4.79 Å². The molecule has 0 unspecified atom stereocenters. The summed E-state index contributed by atoms with van der Waals surface area (Å²) in [5, 5.41) is 4.81. The molecule has 0 aliphatic heterocycles. The smallest absolute Gasteiger partial charge is 0.314 e. The number of rotatable bonds is 4. The van der Waals surface area contributed by atoms with E-state index in [0.717, 1.165) is 0 Å². The van der Waals surface area contributed by atoms with Crippen LogP contribution >= 0.6 is 0 Å². The molecule has 0 fully saturated rings. The second-order valence-electron chi connectivity index (χ2n) is 2.50. The third-order valence-electron chi connectivity index (χ3n) is 1.74. The second-order valence-corrected chi connectivity index (χ2v) is 2.50. The summed E-state index contributed by atoms with van der Waals surface area (Å²) in [6.07, 6.45) is 0. The van der Waals surface area contributed by atoms with Crippen molar-refractivity contribution in [1.29, 1.82) is 0 Å². The van der Waals surface area contributed by atoms with Crippen LogP contribution in [0.3, 0.4) is 0 Å². The highest BCUT2D eigenvalue weighted by Gasteiger charge is 2.09. The Morgan fingerprint density at radius 2 is 1.77 bits per heavy atom. The molecule has 0 aliphatic carbocycles. The van der Waals surface area contributed by atoms with Gasteiger partial charge in [0.1, 0.15) is 0 Å². The minimum Gasteiger partial charge on any atom is -0.342 e. The maximum absolute atomic E-state index is 11.3. The van der Waals surface area contributed by atoms with Crippen molar-refractivity contribution in [1.82, 2.24) is 15.5 Å². The van der Waals surface area contributed by atoms with E-state index in [-0.39, 0.29) is 18.5 Å². The molecule has 3 amide bonds. The summed E-state index contributed by atoms with van der Waals surface area (Å²) in [4.78, 5) is 23.7. The van der Waals surface area contributed by atoms with Gasteiger partial charge in [-0.15, -0.1) is 0 Å². The Balaban J connectivity index is 3.79. The number of hydrogen-bond acceptors (Lipinski definition) is 2. The molecule has 5 nitrogen and oxygen atoms in total. The third kappa shape index (κ3) is 4.35. The molecule has 13 heavy (non-hydrogen) atoms. The molecular weight excluding hydrogens is 170 g/mol. The fraction of sp³-hybridized carbons (Fsp3) is 0.750. The number of hydrogen-bond donors (Lipinski definition) is 2. The number of carbonyl (C=O) groups is 2. The summed E-state index contributed by atoms with van der Waals surface area (Å²) < 4.78 is 0. The van der Waals surface area contributed by atoms with Crippen molar-refractivity contribution in [2.24, 2.45) is 0 Å². The summed E-state index contributed by atoms with van der Waals surface area (Å²) in [7, 11) is 1.51. The van der Waals surface area contributed by atoms with Gasteiger partial charge in [-0.1, -0.05) is 0 Å². The molecule has 0 saturated carbocycles. The fourth-order valence-corrected chi connectivity index (χ4v) is 0.932.